The van der Waals surface area contributed by atoms with Crippen molar-refractivity contribution in [2.24, 2.45) is 0 Å². The Morgan fingerprint density at radius 2 is 1.88 bits per heavy atom. The fourth-order valence-electron chi connectivity index (χ4n) is 4.31. The third-order valence-electron chi connectivity index (χ3n) is 6.02. The number of hydrogen-bond acceptors (Lipinski definition) is 5. The third-order valence-corrected chi connectivity index (χ3v) is 8.21. The first-order valence-electron chi connectivity index (χ1n) is 10.9. The van der Waals surface area contributed by atoms with Crippen LogP contribution in [0.15, 0.2) is 58.5 Å². The standard InChI is InChI=1S/C26H23N3OS2/c1-17-7-5-6-9-21(17)29-25(30)23-20-8-3-2-4-10-22(20)32-24(23)28-26(29)31-16-19-13-11-18(15-27)12-14-19/h5-7,9,11-14H,2-4,8,10,16H2,1H3. The molecule has 1 aliphatic carbocycles. The van der Waals surface area contributed by atoms with Crippen molar-refractivity contribution in [3.63, 3.8) is 0 Å². The van der Waals surface area contributed by atoms with Crippen LogP contribution in [0.25, 0.3) is 15.9 Å². The minimum atomic E-state index is 0.0472. The summed E-state index contributed by atoms with van der Waals surface area (Å²) in [6.07, 6.45) is 5.57. The summed E-state index contributed by atoms with van der Waals surface area (Å²) in [5.74, 6) is 0.681. The predicted octanol–water partition coefficient (Wildman–Crippen LogP) is 6.19. The van der Waals surface area contributed by atoms with E-state index in [1.165, 1.54) is 23.3 Å². The van der Waals surface area contributed by atoms with E-state index >= 15 is 0 Å². The highest BCUT2D eigenvalue weighted by atomic mass is 32.2. The van der Waals surface area contributed by atoms with Crippen molar-refractivity contribution >= 4 is 33.3 Å². The van der Waals surface area contributed by atoms with Gasteiger partial charge in [-0.15, -0.1) is 11.3 Å². The first kappa shape index (κ1) is 21.0. The van der Waals surface area contributed by atoms with Crippen LogP contribution in [0.5, 0.6) is 0 Å². The van der Waals surface area contributed by atoms with Crippen molar-refractivity contribution in [3.05, 3.63) is 86.0 Å². The summed E-state index contributed by atoms with van der Waals surface area (Å²) in [6.45, 7) is 2.04. The van der Waals surface area contributed by atoms with E-state index in [0.717, 1.165) is 51.4 Å². The Hall–Kier alpha value is -2.88. The van der Waals surface area contributed by atoms with Gasteiger partial charge in [0.2, 0.25) is 0 Å². The van der Waals surface area contributed by atoms with Gasteiger partial charge in [0.05, 0.1) is 22.7 Å². The number of para-hydroxylation sites is 1. The average Bonchev–Trinajstić information content (AvgIpc) is 3.00. The van der Waals surface area contributed by atoms with Crippen LogP contribution < -0.4 is 5.56 Å². The van der Waals surface area contributed by atoms with Gasteiger partial charge in [-0.25, -0.2) is 4.98 Å². The minimum Gasteiger partial charge on any atom is -0.268 e. The smallest absolute Gasteiger partial charge is 0.267 e. The molecule has 0 aliphatic heterocycles. The molecule has 160 valence electrons. The Labute approximate surface area is 195 Å². The number of rotatable bonds is 4. The third kappa shape index (κ3) is 3.87. The number of aromatic nitrogens is 2. The molecule has 6 heteroatoms. The van der Waals surface area contributed by atoms with Crippen LogP contribution in [0.3, 0.4) is 0 Å². The summed E-state index contributed by atoms with van der Waals surface area (Å²) < 4.78 is 1.81. The Kier molecular flexibility index (Phi) is 5.86. The molecule has 0 radical (unpaired) electrons. The van der Waals surface area contributed by atoms with Crippen molar-refractivity contribution in [1.29, 1.82) is 5.26 Å². The van der Waals surface area contributed by atoms with E-state index in [-0.39, 0.29) is 5.56 Å². The maximum atomic E-state index is 13.9. The fraction of sp³-hybridized carbons (Fsp3) is 0.269. The van der Waals surface area contributed by atoms with E-state index in [1.54, 1.807) is 23.1 Å². The van der Waals surface area contributed by atoms with Crippen LogP contribution in [0.1, 0.15) is 46.4 Å². The van der Waals surface area contributed by atoms with Crippen LogP contribution >= 0.6 is 23.1 Å². The Balaban J connectivity index is 1.65. The zero-order chi connectivity index (χ0) is 22.1. The second-order valence-corrected chi connectivity index (χ2v) is 10.2. The van der Waals surface area contributed by atoms with E-state index in [4.69, 9.17) is 10.2 Å². The van der Waals surface area contributed by atoms with Gasteiger partial charge in [-0.1, -0.05) is 48.5 Å². The van der Waals surface area contributed by atoms with Gasteiger partial charge in [0.1, 0.15) is 4.83 Å². The molecule has 0 spiro atoms. The highest BCUT2D eigenvalue weighted by molar-refractivity contribution is 7.98. The van der Waals surface area contributed by atoms with Gasteiger partial charge in [-0.05, 0) is 67.5 Å². The van der Waals surface area contributed by atoms with E-state index < -0.39 is 0 Å². The molecule has 2 aromatic heterocycles. The molecule has 0 atom stereocenters. The molecule has 4 nitrogen and oxygen atoms in total. The maximum absolute atomic E-state index is 13.9. The number of aryl methyl sites for hydroxylation is 3. The van der Waals surface area contributed by atoms with Crippen molar-refractivity contribution in [2.45, 2.75) is 49.9 Å². The number of nitriles is 1. The van der Waals surface area contributed by atoms with Crippen LogP contribution in [-0.4, -0.2) is 9.55 Å². The van der Waals surface area contributed by atoms with Crippen molar-refractivity contribution < 1.29 is 0 Å². The molecule has 0 N–H and O–H groups in total. The van der Waals surface area contributed by atoms with Gasteiger partial charge >= 0.3 is 0 Å². The topological polar surface area (TPSA) is 58.7 Å². The minimum absolute atomic E-state index is 0.0472. The fourth-order valence-corrected chi connectivity index (χ4v) is 6.57. The molecular formula is C26H23N3OS2. The second-order valence-electron chi connectivity index (χ2n) is 8.16. The number of fused-ring (bicyclic) bond motifs is 3. The Bertz CT molecular complexity index is 1390. The number of thiophene rings is 1. The molecule has 0 bridgehead atoms. The SMILES string of the molecule is Cc1ccccc1-n1c(SCc2ccc(C#N)cc2)nc2sc3c(c2c1=O)CCCCC3. The molecule has 0 saturated carbocycles. The summed E-state index contributed by atoms with van der Waals surface area (Å²) in [5, 5.41) is 10.6. The molecule has 2 aromatic carbocycles. The molecule has 0 fully saturated rings. The first-order valence-corrected chi connectivity index (χ1v) is 12.7. The quantitative estimate of drug-likeness (QED) is 0.208. The normalized spacial score (nSPS) is 13.5. The number of hydrogen-bond donors (Lipinski definition) is 0. The van der Waals surface area contributed by atoms with Gasteiger partial charge < -0.3 is 0 Å². The van der Waals surface area contributed by atoms with Gasteiger partial charge in [0.25, 0.3) is 5.56 Å². The summed E-state index contributed by atoms with van der Waals surface area (Å²) >= 11 is 3.27. The van der Waals surface area contributed by atoms with E-state index in [9.17, 15) is 4.79 Å². The van der Waals surface area contributed by atoms with Gasteiger partial charge in [0, 0.05) is 10.6 Å². The highest BCUT2D eigenvalue weighted by Gasteiger charge is 2.22. The molecule has 4 aromatic rings. The molecule has 2 heterocycles. The number of nitrogens with zero attached hydrogens (tertiary/aromatic N) is 3. The monoisotopic (exact) mass is 457 g/mol. The van der Waals surface area contributed by atoms with Gasteiger partial charge in [0.15, 0.2) is 5.16 Å². The summed E-state index contributed by atoms with van der Waals surface area (Å²) in [5.41, 5.74) is 4.97. The van der Waals surface area contributed by atoms with E-state index in [0.29, 0.717) is 11.3 Å². The van der Waals surface area contributed by atoms with Crippen molar-refractivity contribution in [3.8, 4) is 11.8 Å². The number of thioether (sulfide) groups is 1. The van der Waals surface area contributed by atoms with E-state index in [2.05, 4.69) is 6.07 Å². The lowest BCUT2D eigenvalue weighted by Gasteiger charge is -2.14. The zero-order valence-corrected chi connectivity index (χ0v) is 19.6. The summed E-state index contributed by atoms with van der Waals surface area (Å²) in [6, 6.07) is 17.8. The largest absolute Gasteiger partial charge is 0.268 e. The van der Waals surface area contributed by atoms with Crippen LogP contribution in [0, 0.1) is 18.3 Å². The molecule has 1 aliphatic rings. The number of benzene rings is 2. The van der Waals surface area contributed by atoms with Crippen LogP contribution in [0.4, 0.5) is 0 Å². The molecule has 32 heavy (non-hydrogen) atoms. The Morgan fingerprint density at radius 3 is 2.66 bits per heavy atom. The lowest BCUT2D eigenvalue weighted by Crippen LogP contribution is -2.22. The summed E-state index contributed by atoms with van der Waals surface area (Å²) in [7, 11) is 0. The summed E-state index contributed by atoms with van der Waals surface area (Å²) in [4.78, 5) is 21.2. The molecule has 0 amide bonds. The average molecular weight is 458 g/mol. The van der Waals surface area contributed by atoms with Crippen LogP contribution in [-0.2, 0) is 18.6 Å². The van der Waals surface area contributed by atoms with E-state index in [1.807, 2.05) is 60.0 Å². The molecule has 5 rings (SSSR count). The van der Waals surface area contributed by atoms with Crippen LogP contribution in [0.2, 0.25) is 0 Å². The van der Waals surface area contributed by atoms with Crippen molar-refractivity contribution in [1.82, 2.24) is 9.55 Å². The zero-order valence-electron chi connectivity index (χ0n) is 17.9. The highest BCUT2D eigenvalue weighted by Crippen LogP contribution is 2.35. The van der Waals surface area contributed by atoms with Crippen molar-refractivity contribution in [2.75, 3.05) is 0 Å². The first-order chi connectivity index (χ1) is 15.7. The lowest BCUT2D eigenvalue weighted by atomic mass is 10.1. The lowest BCUT2D eigenvalue weighted by molar-refractivity contribution is 0.713. The predicted molar refractivity (Wildman–Crippen MR) is 132 cm³/mol. The molecule has 0 saturated heterocycles. The van der Waals surface area contributed by atoms with Gasteiger partial charge in [-0.3, -0.25) is 9.36 Å². The second kappa shape index (κ2) is 8.93. The van der Waals surface area contributed by atoms with Gasteiger partial charge in [-0.2, -0.15) is 5.26 Å². The molecule has 0 unspecified atom stereocenters. The Morgan fingerprint density at radius 1 is 1.09 bits per heavy atom. The molecular weight excluding hydrogens is 434 g/mol. The maximum Gasteiger partial charge on any atom is 0.267 e.